The van der Waals surface area contributed by atoms with Gasteiger partial charge in [-0.15, -0.1) is 0 Å². The van der Waals surface area contributed by atoms with Gasteiger partial charge in [0.05, 0.1) is 12.8 Å². The molecular formula is C16H25N3O3. The predicted octanol–water partition coefficient (Wildman–Crippen LogP) is 2.45. The van der Waals surface area contributed by atoms with E-state index in [1.165, 1.54) is 0 Å². The van der Waals surface area contributed by atoms with E-state index in [-0.39, 0.29) is 0 Å². The Kier molecular flexibility index (Phi) is 5.13. The molecule has 1 saturated heterocycles. The number of carbonyl (C=O) groups excluding carboxylic acids is 1. The van der Waals surface area contributed by atoms with E-state index in [9.17, 15) is 4.79 Å². The maximum absolute atomic E-state index is 11.8. The third kappa shape index (κ3) is 4.53. The molecule has 2 rings (SSSR count). The molecule has 0 unspecified atom stereocenters. The molecule has 0 aliphatic carbocycles. The van der Waals surface area contributed by atoms with Gasteiger partial charge in [-0.3, -0.25) is 5.32 Å². The van der Waals surface area contributed by atoms with Crippen LogP contribution in [0.4, 0.5) is 16.2 Å². The summed E-state index contributed by atoms with van der Waals surface area (Å²) in [5.74, 6) is 0.746. The lowest BCUT2D eigenvalue weighted by Gasteiger charge is -2.30. The third-order valence-electron chi connectivity index (χ3n) is 3.28. The van der Waals surface area contributed by atoms with E-state index < -0.39 is 11.7 Å². The molecule has 0 aromatic heterocycles. The van der Waals surface area contributed by atoms with Crippen molar-refractivity contribution in [1.29, 1.82) is 0 Å². The molecule has 6 heteroatoms. The minimum atomic E-state index is -0.519. The molecule has 1 heterocycles. The lowest BCUT2D eigenvalue weighted by atomic mass is 10.2. The van der Waals surface area contributed by atoms with Crippen LogP contribution in [0, 0.1) is 0 Å². The van der Waals surface area contributed by atoms with Crippen LogP contribution in [0.1, 0.15) is 20.8 Å². The second kappa shape index (κ2) is 6.87. The zero-order valence-corrected chi connectivity index (χ0v) is 13.7. The Balaban J connectivity index is 2.09. The summed E-state index contributed by atoms with van der Waals surface area (Å²) in [5, 5.41) is 6.06. The molecule has 0 radical (unpaired) electrons. The summed E-state index contributed by atoms with van der Waals surface area (Å²) in [5.41, 5.74) is 1.18. The quantitative estimate of drug-likeness (QED) is 0.898. The molecule has 1 aliphatic rings. The van der Waals surface area contributed by atoms with E-state index in [1.807, 2.05) is 39.0 Å². The first-order chi connectivity index (χ1) is 10.4. The number of nitrogens with zero attached hydrogens (tertiary/aromatic N) is 1. The van der Waals surface area contributed by atoms with Crippen molar-refractivity contribution in [2.45, 2.75) is 26.4 Å². The average molecular weight is 307 g/mol. The fourth-order valence-corrected chi connectivity index (χ4v) is 2.34. The number of nitrogens with one attached hydrogen (secondary N) is 2. The minimum Gasteiger partial charge on any atom is -0.495 e. The number of piperazine rings is 1. The lowest BCUT2D eigenvalue weighted by molar-refractivity contribution is 0.0636. The van der Waals surface area contributed by atoms with Crippen molar-refractivity contribution < 1.29 is 14.3 Å². The summed E-state index contributed by atoms with van der Waals surface area (Å²) >= 11 is 0. The van der Waals surface area contributed by atoms with Crippen LogP contribution < -0.4 is 20.3 Å². The number of carbonyl (C=O) groups is 1. The summed E-state index contributed by atoms with van der Waals surface area (Å²) < 4.78 is 10.7. The Hall–Kier alpha value is -1.95. The molecule has 1 aromatic rings. The van der Waals surface area contributed by atoms with Crippen LogP contribution in [0.15, 0.2) is 18.2 Å². The van der Waals surface area contributed by atoms with Crippen molar-refractivity contribution in [3.05, 3.63) is 18.2 Å². The van der Waals surface area contributed by atoms with E-state index in [0.29, 0.717) is 5.69 Å². The highest BCUT2D eigenvalue weighted by Crippen LogP contribution is 2.31. The van der Waals surface area contributed by atoms with Crippen LogP contribution in [-0.4, -0.2) is 45.0 Å². The molecule has 1 amide bonds. The number of benzene rings is 1. The molecule has 1 aromatic carbocycles. The van der Waals surface area contributed by atoms with Crippen LogP contribution in [-0.2, 0) is 4.74 Å². The highest BCUT2D eigenvalue weighted by molar-refractivity contribution is 5.86. The molecule has 0 spiro atoms. The van der Waals surface area contributed by atoms with Gasteiger partial charge in [0.1, 0.15) is 11.4 Å². The van der Waals surface area contributed by atoms with Gasteiger partial charge < -0.3 is 19.7 Å². The minimum absolute atomic E-state index is 0.468. The lowest BCUT2D eigenvalue weighted by Crippen LogP contribution is -2.43. The second-order valence-electron chi connectivity index (χ2n) is 6.25. The molecule has 122 valence electrons. The molecule has 0 saturated carbocycles. The molecule has 6 nitrogen and oxygen atoms in total. The Morgan fingerprint density at radius 2 is 1.95 bits per heavy atom. The van der Waals surface area contributed by atoms with Gasteiger partial charge >= 0.3 is 6.09 Å². The fraction of sp³-hybridized carbons (Fsp3) is 0.562. The van der Waals surface area contributed by atoms with Gasteiger partial charge in [-0.05, 0) is 32.9 Å². The van der Waals surface area contributed by atoms with Gasteiger partial charge in [-0.25, -0.2) is 4.79 Å². The van der Waals surface area contributed by atoms with Crippen molar-refractivity contribution in [2.75, 3.05) is 43.5 Å². The van der Waals surface area contributed by atoms with E-state index in [4.69, 9.17) is 9.47 Å². The fourth-order valence-electron chi connectivity index (χ4n) is 2.34. The maximum atomic E-state index is 11.8. The molecule has 1 aliphatic heterocycles. The van der Waals surface area contributed by atoms with Crippen molar-refractivity contribution in [2.24, 2.45) is 0 Å². The van der Waals surface area contributed by atoms with Crippen molar-refractivity contribution in [3.63, 3.8) is 0 Å². The molecule has 0 atom stereocenters. The summed E-state index contributed by atoms with van der Waals surface area (Å²) in [7, 11) is 1.64. The van der Waals surface area contributed by atoms with Gasteiger partial charge in [0.25, 0.3) is 0 Å². The van der Waals surface area contributed by atoms with E-state index in [0.717, 1.165) is 37.6 Å². The summed E-state index contributed by atoms with van der Waals surface area (Å²) in [4.78, 5) is 14.1. The first-order valence-corrected chi connectivity index (χ1v) is 7.53. The Morgan fingerprint density at radius 1 is 1.27 bits per heavy atom. The SMILES string of the molecule is COc1cc(NC(=O)OC(C)(C)C)ccc1N1CCNCC1. The smallest absolute Gasteiger partial charge is 0.412 e. The first kappa shape index (κ1) is 16.4. The second-order valence-corrected chi connectivity index (χ2v) is 6.25. The highest BCUT2D eigenvalue weighted by Gasteiger charge is 2.18. The highest BCUT2D eigenvalue weighted by atomic mass is 16.6. The Bertz CT molecular complexity index is 520. The predicted molar refractivity (Wildman–Crippen MR) is 87.9 cm³/mol. The summed E-state index contributed by atoms with van der Waals surface area (Å²) in [6.45, 7) is 9.30. The van der Waals surface area contributed by atoms with Crippen molar-refractivity contribution in [1.82, 2.24) is 5.32 Å². The number of hydrogen-bond acceptors (Lipinski definition) is 5. The third-order valence-corrected chi connectivity index (χ3v) is 3.28. The number of amides is 1. The van der Waals surface area contributed by atoms with Gasteiger partial charge in [0, 0.05) is 37.9 Å². The molecule has 0 bridgehead atoms. The van der Waals surface area contributed by atoms with Crippen LogP contribution in [0.3, 0.4) is 0 Å². The van der Waals surface area contributed by atoms with Crippen LogP contribution in [0.2, 0.25) is 0 Å². The van der Waals surface area contributed by atoms with Crippen LogP contribution >= 0.6 is 0 Å². The number of anilines is 2. The Morgan fingerprint density at radius 3 is 2.55 bits per heavy atom. The standard InChI is InChI=1S/C16H25N3O3/c1-16(2,3)22-15(20)18-12-5-6-13(14(11-12)21-4)19-9-7-17-8-10-19/h5-6,11,17H,7-10H2,1-4H3,(H,18,20). The number of hydrogen-bond donors (Lipinski definition) is 2. The number of ether oxygens (including phenoxy) is 2. The van der Waals surface area contributed by atoms with Gasteiger partial charge in [0.2, 0.25) is 0 Å². The summed E-state index contributed by atoms with van der Waals surface area (Å²) in [6, 6.07) is 5.65. The maximum Gasteiger partial charge on any atom is 0.412 e. The normalized spacial score (nSPS) is 15.4. The number of methoxy groups -OCH3 is 1. The Labute approximate surface area is 131 Å². The number of rotatable bonds is 3. The van der Waals surface area contributed by atoms with Crippen LogP contribution in [0.25, 0.3) is 0 Å². The zero-order chi connectivity index (χ0) is 16.2. The molecular weight excluding hydrogens is 282 g/mol. The molecule has 22 heavy (non-hydrogen) atoms. The van der Waals surface area contributed by atoms with Crippen molar-refractivity contribution >= 4 is 17.5 Å². The zero-order valence-electron chi connectivity index (χ0n) is 13.7. The van der Waals surface area contributed by atoms with Crippen LogP contribution in [0.5, 0.6) is 5.75 Å². The van der Waals surface area contributed by atoms with E-state index >= 15 is 0 Å². The van der Waals surface area contributed by atoms with Gasteiger partial charge in [-0.2, -0.15) is 0 Å². The largest absolute Gasteiger partial charge is 0.495 e. The van der Waals surface area contributed by atoms with Gasteiger partial charge in [-0.1, -0.05) is 0 Å². The first-order valence-electron chi connectivity index (χ1n) is 7.53. The topological polar surface area (TPSA) is 62.8 Å². The van der Waals surface area contributed by atoms with Crippen molar-refractivity contribution in [3.8, 4) is 5.75 Å². The average Bonchev–Trinajstić information content (AvgIpc) is 2.46. The van der Waals surface area contributed by atoms with E-state index in [2.05, 4.69) is 15.5 Å². The molecule has 1 fully saturated rings. The molecule has 2 N–H and O–H groups in total. The monoisotopic (exact) mass is 307 g/mol. The summed E-state index contributed by atoms with van der Waals surface area (Å²) in [6.07, 6.45) is -0.468. The van der Waals surface area contributed by atoms with Gasteiger partial charge in [0.15, 0.2) is 0 Å². The van der Waals surface area contributed by atoms with E-state index in [1.54, 1.807) is 7.11 Å².